The number of allylic oxidation sites excluding steroid dienone is 2. The lowest BCUT2D eigenvalue weighted by molar-refractivity contribution is -0.151. The Morgan fingerprint density at radius 3 is 2.35 bits per heavy atom. The Balaban J connectivity index is 2.14. The third-order valence-corrected chi connectivity index (χ3v) is 5.82. The van der Waals surface area contributed by atoms with Gasteiger partial charge in [0.15, 0.2) is 9.84 Å². The van der Waals surface area contributed by atoms with Crippen LogP contribution >= 0.6 is 0 Å². The molecule has 1 aliphatic heterocycles. The van der Waals surface area contributed by atoms with E-state index < -0.39 is 27.6 Å². The number of sulfone groups is 1. The lowest BCUT2D eigenvalue weighted by Gasteiger charge is -2.37. The normalized spacial score (nSPS) is 32.9. The second-order valence-corrected chi connectivity index (χ2v) is 7.72. The van der Waals surface area contributed by atoms with E-state index in [-0.39, 0.29) is 30.0 Å². The van der Waals surface area contributed by atoms with Crippen molar-refractivity contribution in [3.8, 4) is 0 Å². The third kappa shape index (κ3) is 3.03. The van der Waals surface area contributed by atoms with Gasteiger partial charge in [0.1, 0.15) is 0 Å². The van der Waals surface area contributed by atoms with E-state index in [4.69, 9.17) is 0 Å². The van der Waals surface area contributed by atoms with Crippen LogP contribution < -0.4 is 0 Å². The van der Waals surface area contributed by atoms with Crippen molar-refractivity contribution in [2.24, 2.45) is 11.8 Å². The molecule has 0 aromatic carbocycles. The number of hydrogen-bond acceptors (Lipinski definition) is 4. The highest BCUT2D eigenvalue weighted by atomic mass is 32.2. The Morgan fingerprint density at radius 1 is 1.20 bits per heavy atom. The first-order chi connectivity index (χ1) is 9.32. The maximum Gasteiger partial charge on any atom is 0.307 e. The lowest BCUT2D eigenvalue weighted by Crippen LogP contribution is -2.53. The van der Waals surface area contributed by atoms with Crippen molar-refractivity contribution in [1.82, 2.24) is 4.90 Å². The molecule has 1 fully saturated rings. The topological polar surface area (TPSA) is 91.8 Å². The molecule has 0 spiro atoms. The number of carboxylic acid groups (broad SMARTS) is 1. The molecule has 1 aliphatic carbocycles. The van der Waals surface area contributed by atoms with Gasteiger partial charge >= 0.3 is 5.97 Å². The van der Waals surface area contributed by atoms with Gasteiger partial charge in [0.05, 0.1) is 23.3 Å². The number of aliphatic carboxylic acids is 1. The number of amides is 1. The van der Waals surface area contributed by atoms with E-state index in [1.165, 1.54) is 4.90 Å². The highest BCUT2D eigenvalue weighted by Crippen LogP contribution is 2.29. The van der Waals surface area contributed by atoms with E-state index in [0.717, 1.165) is 0 Å². The summed E-state index contributed by atoms with van der Waals surface area (Å²) >= 11 is 0. The summed E-state index contributed by atoms with van der Waals surface area (Å²) in [4.78, 5) is 25.3. The Labute approximate surface area is 118 Å². The van der Waals surface area contributed by atoms with Crippen LogP contribution in [0.1, 0.15) is 19.8 Å². The van der Waals surface area contributed by atoms with Gasteiger partial charge < -0.3 is 10.0 Å². The molecule has 0 aromatic rings. The summed E-state index contributed by atoms with van der Waals surface area (Å²) in [6, 6.07) is -0.387. The van der Waals surface area contributed by atoms with Crippen molar-refractivity contribution >= 4 is 21.7 Å². The molecule has 20 heavy (non-hydrogen) atoms. The van der Waals surface area contributed by atoms with Crippen molar-refractivity contribution in [2.45, 2.75) is 25.8 Å². The number of carbonyl (C=O) groups is 2. The van der Waals surface area contributed by atoms with Crippen LogP contribution in [0.3, 0.4) is 0 Å². The molecular formula is C13H19NO5S. The highest BCUT2D eigenvalue weighted by molar-refractivity contribution is 7.91. The molecule has 0 radical (unpaired) electrons. The fourth-order valence-electron chi connectivity index (χ4n) is 2.90. The summed E-state index contributed by atoms with van der Waals surface area (Å²) in [6.45, 7) is 1.86. The summed E-state index contributed by atoms with van der Waals surface area (Å²) in [5, 5.41) is 9.20. The standard InChI is InChI=1S/C13H19NO5S/c1-9-8-20(18,19)7-6-14(9)12(15)10-4-2-3-5-11(10)13(16)17/h2-3,9-11H,4-8H2,1H3,(H,16,17). The van der Waals surface area contributed by atoms with Crippen molar-refractivity contribution in [3.05, 3.63) is 12.2 Å². The van der Waals surface area contributed by atoms with Gasteiger partial charge in [-0.25, -0.2) is 8.42 Å². The molecule has 1 amide bonds. The molecule has 2 rings (SSSR count). The van der Waals surface area contributed by atoms with E-state index in [1.807, 2.05) is 6.08 Å². The molecule has 3 atom stereocenters. The minimum atomic E-state index is -3.08. The van der Waals surface area contributed by atoms with E-state index in [2.05, 4.69) is 0 Å². The zero-order valence-electron chi connectivity index (χ0n) is 11.4. The highest BCUT2D eigenvalue weighted by Gasteiger charge is 2.40. The molecule has 1 saturated heterocycles. The second-order valence-electron chi connectivity index (χ2n) is 5.49. The van der Waals surface area contributed by atoms with Gasteiger partial charge in [-0.2, -0.15) is 0 Å². The summed E-state index contributed by atoms with van der Waals surface area (Å²) in [7, 11) is -3.08. The van der Waals surface area contributed by atoms with Gasteiger partial charge in [0.25, 0.3) is 0 Å². The van der Waals surface area contributed by atoms with Crippen LogP contribution in [0, 0.1) is 11.8 Å². The molecular weight excluding hydrogens is 282 g/mol. The molecule has 1 N–H and O–H groups in total. The Kier molecular flexibility index (Phi) is 4.17. The van der Waals surface area contributed by atoms with Crippen LogP contribution in [0.2, 0.25) is 0 Å². The minimum absolute atomic E-state index is 0.0383. The molecule has 0 bridgehead atoms. The van der Waals surface area contributed by atoms with Gasteiger partial charge in [-0.15, -0.1) is 0 Å². The predicted molar refractivity (Wildman–Crippen MR) is 72.8 cm³/mol. The average Bonchev–Trinajstić information content (AvgIpc) is 2.37. The zero-order chi connectivity index (χ0) is 14.9. The Hall–Kier alpha value is -1.37. The molecule has 1 heterocycles. The Bertz CT molecular complexity index is 539. The fraction of sp³-hybridized carbons (Fsp3) is 0.692. The van der Waals surface area contributed by atoms with E-state index in [1.54, 1.807) is 13.0 Å². The maximum absolute atomic E-state index is 12.5. The smallest absolute Gasteiger partial charge is 0.307 e. The summed E-state index contributed by atoms with van der Waals surface area (Å²) in [5.41, 5.74) is 0. The zero-order valence-corrected chi connectivity index (χ0v) is 12.2. The van der Waals surface area contributed by atoms with Crippen LogP contribution in [0.4, 0.5) is 0 Å². The molecule has 2 aliphatic rings. The fourth-order valence-corrected chi connectivity index (χ4v) is 4.46. The van der Waals surface area contributed by atoms with Crippen LogP contribution in [0.15, 0.2) is 12.2 Å². The maximum atomic E-state index is 12.5. The third-order valence-electron chi connectivity index (χ3n) is 4.02. The van der Waals surface area contributed by atoms with E-state index in [9.17, 15) is 23.1 Å². The summed E-state index contributed by atoms with van der Waals surface area (Å²) in [6.07, 6.45) is 4.37. The summed E-state index contributed by atoms with van der Waals surface area (Å²) in [5.74, 6) is -2.57. The van der Waals surface area contributed by atoms with Crippen LogP contribution in [0.25, 0.3) is 0 Å². The largest absolute Gasteiger partial charge is 0.481 e. The van der Waals surface area contributed by atoms with Crippen LogP contribution in [-0.4, -0.2) is 54.4 Å². The lowest BCUT2D eigenvalue weighted by atomic mass is 9.82. The van der Waals surface area contributed by atoms with Crippen molar-refractivity contribution in [1.29, 1.82) is 0 Å². The van der Waals surface area contributed by atoms with Crippen LogP contribution in [-0.2, 0) is 19.4 Å². The van der Waals surface area contributed by atoms with Crippen molar-refractivity contribution < 1.29 is 23.1 Å². The second kappa shape index (κ2) is 5.55. The molecule has 0 aromatic heterocycles. The van der Waals surface area contributed by atoms with Gasteiger partial charge in [0, 0.05) is 12.6 Å². The molecule has 6 nitrogen and oxygen atoms in total. The minimum Gasteiger partial charge on any atom is -0.481 e. The Morgan fingerprint density at radius 2 is 1.80 bits per heavy atom. The molecule has 3 unspecified atom stereocenters. The van der Waals surface area contributed by atoms with E-state index in [0.29, 0.717) is 12.8 Å². The summed E-state index contributed by atoms with van der Waals surface area (Å²) < 4.78 is 23.1. The first-order valence-electron chi connectivity index (χ1n) is 6.70. The van der Waals surface area contributed by atoms with Gasteiger partial charge in [-0.05, 0) is 19.8 Å². The first kappa shape index (κ1) is 15.0. The number of nitrogens with zero attached hydrogens (tertiary/aromatic N) is 1. The quantitative estimate of drug-likeness (QED) is 0.741. The average molecular weight is 301 g/mol. The number of hydrogen-bond donors (Lipinski definition) is 1. The SMILES string of the molecule is CC1CS(=O)(=O)CCN1C(=O)C1CC=CCC1C(=O)O. The van der Waals surface area contributed by atoms with E-state index >= 15 is 0 Å². The molecule has 7 heteroatoms. The van der Waals surface area contributed by atoms with Crippen LogP contribution in [0.5, 0.6) is 0 Å². The van der Waals surface area contributed by atoms with Gasteiger partial charge in [-0.1, -0.05) is 12.2 Å². The predicted octanol–water partition coefficient (Wildman–Crippen LogP) is 0.299. The van der Waals surface area contributed by atoms with Crippen molar-refractivity contribution in [2.75, 3.05) is 18.1 Å². The number of rotatable bonds is 2. The number of carbonyl (C=O) groups excluding carboxylic acids is 1. The monoisotopic (exact) mass is 301 g/mol. The van der Waals surface area contributed by atoms with Crippen molar-refractivity contribution in [3.63, 3.8) is 0 Å². The van der Waals surface area contributed by atoms with Gasteiger partial charge in [-0.3, -0.25) is 9.59 Å². The van der Waals surface area contributed by atoms with Gasteiger partial charge in [0.2, 0.25) is 5.91 Å². The number of carboxylic acids is 1. The molecule has 112 valence electrons. The first-order valence-corrected chi connectivity index (χ1v) is 8.52. The molecule has 0 saturated carbocycles.